The highest BCUT2D eigenvalue weighted by Crippen LogP contribution is 2.18. The number of rotatable bonds is 4. The predicted molar refractivity (Wildman–Crippen MR) is 79.6 cm³/mol. The van der Waals surface area contributed by atoms with Crippen molar-refractivity contribution in [3.05, 3.63) is 26.4 Å². The number of hydrogen-bond acceptors (Lipinski definition) is 6. The quantitative estimate of drug-likeness (QED) is 0.545. The normalized spacial score (nSPS) is 15.9. The summed E-state index contributed by atoms with van der Waals surface area (Å²) < 4.78 is 7.61. The van der Waals surface area contributed by atoms with Gasteiger partial charge < -0.3 is 4.74 Å². The minimum atomic E-state index is -0.533. The second-order valence-corrected chi connectivity index (χ2v) is 5.88. The van der Waals surface area contributed by atoms with E-state index < -0.39 is 11.2 Å². The first-order valence-corrected chi connectivity index (χ1v) is 7.68. The summed E-state index contributed by atoms with van der Waals surface area (Å²) in [5.74, 6) is 0.717. The Morgan fingerprint density at radius 3 is 2.52 bits per heavy atom. The van der Waals surface area contributed by atoms with Gasteiger partial charge in [-0.25, -0.2) is 4.79 Å². The summed E-state index contributed by atoms with van der Waals surface area (Å²) in [6.07, 6.45) is 0. The van der Waals surface area contributed by atoms with Crippen LogP contribution in [0.2, 0.25) is 0 Å². The lowest BCUT2D eigenvalue weighted by Gasteiger charge is -2.26. The van der Waals surface area contributed by atoms with Crippen LogP contribution in [0, 0.1) is 11.3 Å². The van der Waals surface area contributed by atoms with E-state index in [1.807, 2.05) is 6.07 Å². The van der Waals surface area contributed by atoms with Crippen LogP contribution in [0.1, 0.15) is 5.56 Å². The first kappa shape index (κ1) is 15.8. The van der Waals surface area contributed by atoms with Gasteiger partial charge in [0.1, 0.15) is 16.7 Å². The molecule has 0 radical (unpaired) electrons. The lowest BCUT2D eigenvalue weighted by molar-refractivity contribution is 0.0410. The molecule has 2 rings (SSSR count). The molecule has 21 heavy (non-hydrogen) atoms. The molecule has 2 heterocycles. The second kappa shape index (κ2) is 6.93. The van der Waals surface area contributed by atoms with Crippen molar-refractivity contribution in [1.29, 1.82) is 5.26 Å². The molecule has 0 N–H and O–H groups in total. The molecular formula is C13H18N4O3S. The fourth-order valence-corrected chi connectivity index (χ4v) is 3.28. The molecule has 0 bridgehead atoms. The van der Waals surface area contributed by atoms with E-state index in [2.05, 4.69) is 4.90 Å². The van der Waals surface area contributed by atoms with Crippen LogP contribution in [-0.2, 0) is 18.8 Å². The molecule has 0 spiro atoms. The standard InChI is InChI=1S/C13H18N4O3S/c1-15-11(18)10(9-14)12(16(2)13(15)19)21-8-5-17-3-6-20-7-4-17/h3-8H2,1-2H3. The Hall–Kier alpha value is -1.56. The Morgan fingerprint density at radius 2 is 1.90 bits per heavy atom. The molecule has 0 saturated carbocycles. The molecule has 0 amide bonds. The number of hydrogen-bond donors (Lipinski definition) is 0. The van der Waals surface area contributed by atoms with Gasteiger partial charge in [-0.3, -0.25) is 18.8 Å². The highest BCUT2D eigenvalue weighted by molar-refractivity contribution is 7.99. The number of morpholine rings is 1. The lowest BCUT2D eigenvalue weighted by Crippen LogP contribution is -2.40. The zero-order chi connectivity index (χ0) is 15.4. The first-order chi connectivity index (χ1) is 10.1. The van der Waals surface area contributed by atoms with Gasteiger partial charge in [0.2, 0.25) is 0 Å². The van der Waals surface area contributed by atoms with Gasteiger partial charge in [0.05, 0.1) is 13.2 Å². The van der Waals surface area contributed by atoms with E-state index in [-0.39, 0.29) is 5.56 Å². The fraction of sp³-hybridized carbons (Fsp3) is 0.615. The molecule has 1 aliphatic heterocycles. The number of nitriles is 1. The van der Waals surface area contributed by atoms with Crippen LogP contribution < -0.4 is 11.2 Å². The largest absolute Gasteiger partial charge is 0.379 e. The molecule has 7 nitrogen and oxygen atoms in total. The lowest BCUT2D eigenvalue weighted by atomic mass is 10.3. The Labute approximate surface area is 126 Å². The van der Waals surface area contributed by atoms with E-state index in [0.29, 0.717) is 5.03 Å². The summed E-state index contributed by atoms with van der Waals surface area (Å²) >= 11 is 1.37. The molecule has 0 aliphatic carbocycles. The zero-order valence-corrected chi connectivity index (χ0v) is 13.0. The highest BCUT2D eigenvalue weighted by atomic mass is 32.2. The number of thioether (sulfide) groups is 1. The van der Waals surface area contributed by atoms with Gasteiger partial charge in [-0.05, 0) is 0 Å². The highest BCUT2D eigenvalue weighted by Gasteiger charge is 2.16. The molecular weight excluding hydrogens is 292 g/mol. The zero-order valence-electron chi connectivity index (χ0n) is 12.2. The third-order valence-electron chi connectivity index (χ3n) is 3.47. The van der Waals surface area contributed by atoms with Gasteiger partial charge in [-0.15, -0.1) is 11.8 Å². The van der Waals surface area contributed by atoms with Crippen molar-refractivity contribution in [2.75, 3.05) is 38.6 Å². The summed E-state index contributed by atoms with van der Waals surface area (Å²) in [7, 11) is 2.97. The average molecular weight is 310 g/mol. The van der Waals surface area contributed by atoms with E-state index in [0.717, 1.165) is 43.2 Å². The maximum atomic E-state index is 11.9. The van der Waals surface area contributed by atoms with Crippen LogP contribution in [0.5, 0.6) is 0 Å². The van der Waals surface area contributed by atoms with Crippen molar-refractivity contribution >= 4 is 11.8 Å². The molecule has 0 aromatic carbocycles. The van der Waals surface area contributed by atoms with Crippen LogP contribution in [0.4, 0.5) is 0 Å². The van der Waals surface area contributed by atoms with Crippen molar-refractivity contribution in [3.63, 3.8) is 0 Å². The van der Waals surface area contributed by atoms with Crippen LogP contribution in [-0.4, -0.2) is 52.6 Å². The number of ether oxygens (including phenoxy) is 1. The van der Waals surface area contributed by atoms with Crippen LogP contribution >= 0.6 is 11.8 Å². The van der Waals surface area contributed by atoms with Crippen LogP contribution in [0.15, 0.2) is 14.6 Å². The molecule has 1 saturated heterocycles. The van der Waals surface area contributed by atoms with Crippen LogP contribution in [0.3, 0.4) is 0 Å². The predicted octanol–water partition coefficient (Wildman–Crippen LogP) is -0.620. The summed E-state index contributed by atoms with van der Waals surface area (Å²) in [5.41, 5.74) is -0.908. The third kappa shape index (κ3) is 3.37. The van der Waals surface area contributed by atoms with Gasteiger partial charge >= 0.3 is 5.69 Å². The Bertz CT molecular complexity index is 668. The van der Waals surface area contributed by atoms with Crippen molar-refractivity contribution in [1.82, 2.24) is 14.0 Å². The Morgan fingerprint density at radius 1 is 1.24 bits per heavy atom. The summed E-state index contributed by atoms with van der Waals surface area (Å²) in [6.45, 7) is 4.08. The summed E-state index contributed by atoms with van der Waals surface area (Å²) in [6, 6.07) is 1.91. The van der Waals surface area contributed by atoms with E-state index in [9.17, 15) is 9.59 Å². The summed E-state index contributed by atoms with van der Waals surface area (Å²) in [4.78, 5) is 26.1. The van der Waals surface area contributed by atoms with Crippen molar-refractivity contribution in [3.8, 4) is 6.07 Å². The van der Waals surface area contributed by atoms with Crippen molar-refractivity contribution < 1.29 is 4.74 Å². The average Bonchev–Trinajstić information content (AvgIpc) is 2.51. The van der Waals surface area contributed by atoms with E-state index >= 15 is 0 Å². The van der Waals surface area contributed by atoms with Gasteiger partial charge in [0, 0.05) is 39.5 Å². The number of nitrogens with zero attached hydrogens (tertiary/aromatic N) is 4. The molecule has 1 aliphatic rings. The smallest absolute Gasteiger partial charge is 0.331 e. The van der Waals surface area contributed by atoms with Crippen LogP contribution in [0.25, 0.3) is 0 Å². The van der Waals surface area contributed by atoms with E-state index in [1.54, 1.807) is 7.05 Å². The van der Waals surface area contributed by atoms with Gasteiger partial charge in [-0.2, -0.15) is 5.26 Å². The van der Waals surface area contributed by atoms with Crippen molar-refractivity contribution in [2.45, 2.75) is 5.03 Å². The minimum absolute atomic E-state index is 0.0339. The molecule has 1 fully saturated rings. The molecule has 8 heteroatoms. The third-order valence-corrected chi connectivity index (χ3v) is 4.61. The Kier molecular flexibility index (Phi) is 5.22. The molecule has 1 aromatic heterocycles. The number of aromatic nitrogens is 2. The molecule has 0 atom stereocenters. The fourth-order valence-electron chi connectivity index (χ4n) is 2.19. The Balaban J connectivity index is 2.14. The maximum absolute atomic E-state index is 11.9. The summed E-state index contributed by atoms with van der Waals surface area (Å²) in [5, 5.41) is 9.61. The second-order valence-electron chi connectivity index (χ2n) is 4.80. The molecule has 114 valence electrons. The van der Waals surface area contributed by atoms with Gasteiger partial charge in [0.25, 0.3) is 5.56 Å². The van der Waals surface area contributed by atoms with Gasteiger partial charge in [0.15, 0.2) is 0 Å². The minimum Gasteiger partial charge on any atom is -0.379 e. The topological polar surface area (TPSA) is 80.3 Å². The SMILES string of the molecule is Cn1c(SCCN2CCOCC2)c(C#N)c(=O)n(C)c1=O. The first-order valence-electron chi connectivity index (χ1n) is 6.69. The molecule has 1 aromatic rings. The van der Waals surface area contributed by atoms with Crippen molar-refractivity contribution in [2.24, 2.45) is 14.1 Å². The monoisotopic (exact) mass is 310 g/mol. The maximum Gasteiger partial charge on any atom is 0.331 e. The van der Waals surface area contributed by atoms with E-state index in [1.165, 1.54) is 23.4 Å². The molecule has 0 unspecified atom stereocenters. The van der Waals surface area contributed by atoms with Gasteiger partial charge in [-0.1, -0.05) is 0 Å². The van der Waals surface area contributed by atoms with E-state index in [4.69, 9.17) is 10.00 Å².